The number of hydrogen-bond acceptors (Lipinski definition) is 4. The Hall–Kier alpha value is -1.92. The van der Waals surface area contributed by atoms with E-state index in [0.29, 0.717) is 13.2 Å². The third kappa shape index (κ3) is 4.33. The van der Waals surface area contributed by atoms with Crippen molar-refractivity contribution >= 4 is 17.4 Å². The fraction of sp³-hybridized carbons (Fsp3) is 0.444. The highest BCUT2D eigenvalue weighted by molar-refractivity contribution is 7.11. The Bertz CT molecular complexity index is 667. The number of rotatable bonds is 4. The molecule has 3 rings (SSSR count). The number of nitrogens with one attached hydrogen (secondary N) is 2. The number of hydrogen-bond donors (Lipinski definition) is 2. The molecule has 0 bridgehead atoms. The van der Waals surface area contributed by atoms with Crippen molar-refractivity contribution in [1.29, 1.82) is 0 Å². The molecule has 1 aromatic carbocycles. The van der Waals surface area contributed by atoms with E-state index >= 15 is 0 Å². The van der Waals surface area contributed by atoms with Crippen molar-refractivity contribution < 1.29 is 9.53 Å². The molecule has 0 saturated carbocycles. The second kappa shape index (κ2) is 7.77. The molecule has 1 aliphatic heterocycles. The van der Waals surface area contributed by atoms with E-state index in [1.54, 1.807) is 11.3 Å². The lowest BCUT2D eigenvalue weighted by Gasteiger charge is -2.30. The Morgan fingerprint density at radius 2 is 2.12 bits per heavy atom. The number of carbonyl (C=O) groups excluding carboxylic acids is 1. The van der Waals surface area contributed by atoms with Gasteiger partial charge < -0.3 is 15.4 Å². The van der Waals surface area contributed by atoms with Crippen LogP contribution in [0.4, 0.5) is 4.79 Å². The second-order valence-electron chi connectivity index (χ2n) is 6.07. The van der Waals surface area contributed by atoms with E-state index in [0.717, 1.165) is 29.1 Å². The first-order chi connectivity index (χ1) is 11.6. The van der Waals surface area contributed by atoms with E-state index in [2.05, 4.69) is 27.8 Å². The minimum atomic E-state index is -0.140. The van der Waals surface area contributed by atoms with Crippen molar-refractivity contribution in [2.45, 2.75) is 45.4 Å². The largest absolute Gasteiger partial charge is 0.373 e. The van der Waals surface area contributed by atoms with Crippen LogP contribution in [0.1, 0.15) is 40.1 Å². The van der Waals surface area contributed by atoms with Crippen LogP contribution >= 0.6 is 11.3 Å². The van der Waals surface area contributed by atoms with Crippen molar-refractivity contribution in [2.75, 3.05) is 6.61 Å². The molecule has 0 spiro atoms. The second-order valence-corrected chi connectivity index (χ2v) is 7.36. The fourth-order valence-corrected chi connectivity index (χ4v) is 3.71. The number of nitrogens with zero attached hydrogens (tertiary/aromatic N) is 1. The SMILES string of the molecule is Cc1nc(CNC(=O)N[C@H]2CCO[C@@H](c3ccccc3)C2)sc1C. The van der Waals surface area contributed by atoms with E-state index in [1.165, 1.54) is 4.88 Å². The average Bonchev–Trinajstić information content (AvgIpc) is 2.92. The molecule has 1 aliphatic rings. The smallest absolute Gasteiger partial charge is 0.315 e. The highest BCUT2D eigenvalue weighted by Crippen LogP contribution is 2.27. The van der Waals surface area contributed by atoms with Crippen LogP contribution in [0, 0.1) is 13.8 Å². The summed E-state index contributed by atoms with van der Waals surface area (Å²) < 4.78 is 5.84. The van der Waals surface area contributed by atoms with Gasteiger partial charge in [-0.2, -0.15) is 0 Å². The number of benzene rings is 1. The summed E-state index contributed by atoms with van der Waals surface area (Å²) in [5.41, 5.74) is 2.20. The molecule has 0 radical (unpaired) electrons. The molecule has 2 N–H and O–H groups in total. The Morgan fingerprint density at radius 3 is 2.83 bits per heavy atom. The van der Waals surface area contributed by atoms with Gasteiger partial charge in [0, 0.05) is 17.5 Å². The van der Waals surface area contributed by atoms with Crippen LogP contribution in [0.3, 0.4) is 0 Å². The third-order valence-corrected chi connectivity index (χ3v) is 5.34. The molecule has 2 aromatic rings. The molecular weight excluding hydrogens is 322 g/mol. The first-order valence-corrected chi connectivity index (χ1v) is 9.07. The van der Waals surface area contributed by atoms with Crippen molar-refractivity contribution in [2.24, 2.45) is 0 Å². The number of thiazole rings is 1. The Balaban J connectivity index is 1.49. The molecular formula is C18H23N3O2S. The highest BCUT2D eigenvalue weighted by atomic mass is 32.1. The molecule has 2 heterocycles. The molecule has 1 aromatic heterocycles. The molecule has 24 heavy (non-hydrogen) atoms. The highest BCUT2D eigenvalue weighted by Gasteiger charge is 2.24. The lowest BCUT2D eigenvalue weighted by molar-refractivity contribution is 0.00225. The van der Waals surface area contributed by atoms with Gasteiger partial charge in [0.1, 0.15) is 5.01 Å². The van der Waals surface area contributed by atoms with E-state index in [4.69, 9.17) is 4.74 Å². The van der Waals surface area contributed by atoms with Gasteiger partial charge in [-0.1, -0.05) is 30.3 Å². The molecule has 2 atom stereocenters. The minimum absolute atomic E-state index is 0.0505. The number of urea groups is 1. The molecule has 6 heteroatoms. The van der Waals surface area contributed by atoms with Crippen LogP contribution in [-0.2, 0) is 11.3 Å². The lowest BCUT2D eigenvalue weighted by atomic mass is 9.97. The van der Waals surface area contributed by atoms with Crippen molar-refractivity contribution in [1.82, 2.24) is 15.6 Å². The molecule has 0 aliphatic carbocycles. The summed E-state index contributed by atoms with van der Waals surface area (Å²) in [7, 11) is 0. The minimum Gasteiger partial charge on any atom is -0.373 e. The van der Waals surface area contributed by atoms with Gasteiger partial charge in [-0.25, -0.2) is 9.78 Å². The number of ether oxygens (including phenoxy) is 1. The number of amides is 2. The van der Waals surface area contributed by atoms with Crippen LogP contribution in [0.5, 0.6) is 0 Å². The molecule has 2 amide bonds. The number of carbonyl (C=O) groups is 1. The zero-order valence-electron chi connectivity index (χ0n) is 14.0. The number of aromatic nitrogens is 1. The monoisotopic (exact) mass is 345 g/mol. The van der Waals surface area contributed by atoms with Crippen LogP contribution in [0.2, 0.25) is 0 Å². The van der Waals surface area contributed by atoms with Gasteiger partial charge in [0.15, 0.2) is 0 Å². The maximum atomic E-state index is 12.1. The van der Waals surface area contributed by atoms with E-state index < -0.39 is 0 Å². The Labute approximate surface area is 146 Å². The summed E-state index contributed by atoms with van der Waals surface area (Å²) in [5, 5.41) is 6.89. The summed E-state index contributed by atoms with van der Waals surface area (Å²) in [6.07, 6.45) is 1.69. The predicted octanol–water partition coefficient (Wildman–Crippen LogP) is 3.48. The summed E-state index contributed by atoms with van der Waals surface area (Å²) in [6.45, 7) is 5.16. The zero-order valence-corrected chi connectivity index (χ0v) is 14.9. The van der Waals surface area contributed by atoms with E-state index in [9.17, 15) is 4.79 Å². The van der Waals surface area contributed by atoms with Crippen LogP contribution in [0.25, 0.3) is 0 Å². The standard InChI is InChI=1S/C18H23N3O2S/c1-12-13(2)24-17(20-12)11-19-18(22)21-15-8-9-23-16(10-15)14-6-4-3-5-7-14/h3-7,15-16H,8-11H2,1-2H3,(H2,19,21,22)/t15-,16+/m0/s1. The molecule has 1 fully saturated rings. The van der Waals surface area contributed by atoms with E-state index in [-0.39, 0.29) is 18.2 Å². The van der Waals surface area contributed by atoms with Crippen LogP contribution in [0.15, 0.2) is 30.3 Å². The van der Waals surface area contributed by atoms with E-state index in [1.807, 2.05) is 32.0 Å². The van der Waals surface area contributed by atoms with Crippen molar-refractivity contribution in [3.63, 3.8) is 0 Å². The third-order valence-electron chi connectivity index (χ3n) is 4.26. The quantitative estimate of drug-likeness (QED) is 0.892. The lowest BCUT2D eigenvalue weighted by Crippen LogP contribution is -2.44. The average molecular weight is 345 g/mol. The van der Waals surface area contributed by atoms with Gasteiger partial charge in [-0.05, 0) is 32.3 Å². The first kappa shape index (κ1) is 16.9. The van der Waals surface area contributed by atoms with Gasteiger partial charge in [0.2, 0.25) is 0 Å². The summed E-state index contributed by atoms with van der Waals surface area (Å²) in [4.78, 5) is 17.8. The summed E-state index contributed by atoms with van der Waals surface area (Å²) >= 11 is 1.63. The summed E-state index contributed by atoms with van der Waals surface area (Å²) in [5.74, 6) is 0. The maximum Gasteiger partial charge on any atom is 0.315 e. The first-order valence-electron chi connectivity index (χ1n) is 8.25. The zero-order chi connectivity index (χ0) is 16.9. The van der Waals surface area contributed by atoms with Gasteiger partial charge >= 0.3 is 6.03 Å². The van der Waals surface area contributed by atoms with Gasteiger partial charge in [0.25, 0.3) is 0 Å². The Kier molecular flexibility index (Phi) is 5.48. The molecule has 5 nitrogen and oxygen atoms in total. The van der Waals surface area contributed by atoms with Crippen molar-refractivity contribution in [3.05, 3.63) is 51.5 Å². The number of aryl methyl sites for hydroxylation is 2. The topological polar surface area (TPSA) is 63.2 Å². The van der Waals surface area contributed by atoms with Crippen LogP contribution < -0.4 is 10.6 Å². The molecule has 0 unspecified atom stereocenters. The van der Waals surface area contributed by atoms with Crippen LogP contribution in [-0.4, -0.2) is 23.7 Å². The Morgan fingerprint density at radius 1 is 1.33 bits per heavy atom. The maximum absolute atomic E-state index is 12.1. The predicted molar refractivity (Wildman–Crippen MR) is 95.1 cm³/mol. The molecule has 1 saturated heterocycles. The van der Waals surface area contributed by atoms with Gasteiger partial charge in [-0.15, -0.1) is 11.3 Å². The summed E-state index contributed by atoms with van der Waals surface area (Å²) in [6, 6.07) is 10.2. The fourth-order valence-electron chi connectivity index (χ4n) is 2.84. The van der Waals surface area contributed by atoms with Gasteiger partial charge in [-0.3, -0.25) is 0 Å². The molecule has 128 valence electrons. The van der Waals surface area contributed by atoms with Gasteiger partial charge in [0.05, 0.1) is 18.3 Å². The van der Waals surface area contributed by atoms with Crippen molar-refractivity contribution in [3.8, 4) is 0 Å². The normalized spacial score (nSPS) is 20.6.